The summed E-state index contributed by atoms with van der Waals surface area (Å²) >= 11 is 1.60. The number of hydrogen-bond donors (Lipinski definition) is 1. The van der Waals surface area contributed by atoms with Crippen LogP contribution in [0.15, 0.2) is 24.3 Å². The van der Waals surface area contributed by atoms with Crippen LogP contribution in [0.1, 0.15) is 6.42 Å². The summed E-state index contributed by atoms with van der Waals surface area (Å²) in [5.41, 5.74) is 0.268. The summed E-state index contributed by atoms with van der Waals surface area (Å²) in [6, 6.07) is 5.65. The third kappa shape index (κ3) is 4.44. The van der Waals surface area contributed by atoms with Crippen LogP contribution in [-0.2, 0) is 9.53 Å². The number of anilines is 1. The van der Waals surface area contributed by atoms with Crippen molar-refractivity contribution >= 4 is 29.1 Å². The summed E-state index contributed by atoms with van der Waals surface area (Å²) in [4.78, 5) is 22.1. The number of methoxy groups -OCH3 is 1. The smallest absolute Gasteiger partial charge is 0.328 e. The first-order valence-electron chi connectivity index (χ1n) is 5.67. The number of nitro benzene ring substituents is 1. The zero-order valence-electron chi connectivity index (χ0n) is 10.8. The van der Waals surface area contributed by atoms with Gasteiger partial charge in [0.05, 0.1) is 12.0 Å². The Labute approximate surface area is 115 Å². The van der Waals surface area contributed by atoms with Crippen LogP contribution in [0, 0.1) is 10.1 Å². The van der Waals surface area contributed by atoms with E-state index in [9.17, 15) is 14.9 Å². The van der Waals surface area contributed by atoms with Crippen molar-refractivity contribution in [1.29, 1.82) is 0 Å². The lowest BCUT2D eigenvalue weighted by Crippen LogP contribution is -2.31. The first-order chi connectivity index (χ1) is 9.10. The monoisotopic (exact) mass is 284 g/mol. The molecule has 0 aromatic heterocycles. The summed E-state index contributed by atoms with van der Waals surface area (Å²) in [6.07, 6.45) is 2.47. The first kappa shape index (κ1) is 15.3. The van der Waals surface area contributed by atoms with E-state index < -0.39 is 16.9 Å². The molecule has 0 spiro atoms. The molecule has 0 saturated carbocycles. The number of carbonyl (C=O) groups excluding carboxylic acids is 1. The molecule has 1 N–H and O–H groups in total. The molecule has 1 aromatic carbocycles. The van der Waals surface area contributed by atoms with Crippen LogP contribution in [-0.4, -0.2) is 36.1 Å². The summed E-state index contributed by atoms with van der Waals surface area (Å²) < 4.78 is 4.70. The summed E-state index contributed by atoms with van der Waals surface area (Å²) in [5, 5.41) is 13.8. The van der Waals surface area contributed by atoms with Crippen molar-refractivity contribution in [2.45, 2.75) is 12.5 Å². The average molecular weight is 284 g/mol. The van der Waals surface area contributed by atoms with Crippen molar-refractivity contribution in [2.24, 2.45) is 0 Å². The average Bonchev–Trinajstić information content (AvgIpc) is 2.42. The van der Waals surface area contributed by atoms with Crippen molar-refractivity contribution < 1.29 is 14.5 Å². The molecular formula is C12H16N2O4S. The van der Waals surface area contributed by atoms with Gasteiger partial charge in [-0.05, 0) is 24.5 Å². The highest BCUT2D eigenvalue weighted by molar-refractivity contribution is 7.98. The quantitative estimate of drug-likeness (QED) is 0.470. The second-order valence-electron chi connectivity index (χ2n) is 3.78. The van der Waals surface area contributed by atoms with Crippen LogP contribution in [0.25, 0.3) is 0 Å². The van der Waals surface area contributed by atoms with Crippen LogP contribution in [0.4, 0.5) is 11.4 Å². The normalized spacial score (nSPS) is 11.7. The molecule has 0 radical (unpaired) electrons. The maximum Gasteiger partial charge on any atom is 0.328 e. The van der Waals surface area contributed by atoms with Gasteiger partial charge >= 0.3 is 5.97 Å². The van der Waals surface area contributed by atoms with Gasteiger partial charge in [-0.1, -0.05) is 12.1 Å². The molecule has 1 atom stereocenters. The van der Waals surface area contributed by atoms with Crippen molar-refractivity contribution in [2.75, 3.05) is 24.4 Å². The van der Waals surface area contributed by atoms with Gasteiger partial charge in [0.25, 0.3) is 5.69 Å². The minimum absolute atomic E-state index is 0.0550. The third-order valence-corrected chi connectivity index (χ3v) is 3.17. The molecule has 104 valence electrons. The highest BCUT2D eigenvalue weighted by Crippen LogP contribution is 2.24. The second-order valence-corrected chi connectivity index (χ2v) is 4.76. The van der Waals surface area contributed by atoms with Gasteiger partial charge < -0.3 is 10.1 Å². The molecule has 6 nitrogen and oxygen atoms in total. The molecule has 0 amide bonds. The van der Waals surface area contributed by atoms with Gasteiger partial charge in [0.15, 0.2) is 0 Å². The molecule has 0 saturated heterocycles. The second kappa shape index (κ2) is 7.63. The van der Waals surface area contributed by atoms with E-state index >= 15 is 0 Å². The number of para-hydroxylation sites is 2. The standard InChI is InChI=1S/C12H16N2O4S/c1-18-12(15)10(7-8-19-2)13-9-5-3-4-6-11(9)14(16)17/h3-6,10,13H,7-8H2,1-2H3/t10-/m0/s1. The van der Waals surface area contributed by atoms with E-state index in [1.54, 1.807) is 30.0 Å². The molecule has 0 heterocycles. The number of carbonyl (C=O) groups is 1. The summed E-state index contributed by atoms with van der Waals surface area (Å²) in [7, 11) is 1.30. The lowest BCUT2D eigenvalue weighted by Gasteiger charge is -2.17. The minimum atomic E-state index is -0.585. The van der Waals surface area contributed by atoms with Crippen LogP contribution >= 0.6 is 11.8 Å². The van der Waals surface area contributed by atoms with Gasteiger partial charge in [-0.2, -0.15) is 11.8 Å². The number of esters is 1. The topological polar surface area (TPSA) is 81.5 Å². The molecule has 19 heavy (non-hydrogen) atoms. The number of rotatable bonds is 7. The number of thioether (sulfide) groups is 1. The van der Waals surface area contributed by atoms with E-state index in [0.717, 1.165) is 5.75 Å². The molecule has 7 heteroatoms. The summed E-state index contributed by atoms with van der Waals surface area (Å²) in [5.74, 6) is 0.333. The van der Waals surface area contributed by atoms with E-state index in [0.29, 0.717) is 12.1 Å². The molecule has 0 aliphatic rings. The van der Waals surface area contributed by atoms with Gasteiger partial charge in [0.1, 0.15) is 11.7 Å². The first-order valence-corrected chi connectivity index (χ1v) is 7.06. The molecule has 0 unspecified atom stereocenters. The Balaban J connectivity index is 2.89. The van der Waals surface area contributed by atoms with Gasteiger partial charge in [-0.25, -0.2) is 4.79 Å². The maximum atomic E-state index is 11.6. The van der Waals surface area contributed by atoms with E-state index in [2.05, 4.69) is 5.32 Å². The Hall–Kier alpha value is -1.76. The molecule has 0 fully saturated rings. The fourth-order valence-corrected chi connectivity index (χ4v) is 2.04. The van der Waals surface area contributed by atoms with Gasteiger partial charge in [0, 0.05) is 6.07 Å². The Kier molecular flexibility index (Phi) is 6.14. The summed E-state index contributed by atoms with van der Waals surface area (Å²) in [6.45, 7) is 0. The SMILES string of the molecule is COC(=O)[C@H](CCSC)Nc1ccccc1[N+](=O)[O-]. The van der Waals surface area contributed by atoms with E-state index in [1.807, 2.05) is 6.26 Å². The predicted octanol–water partition coefficient (Wildman–Crippen LogP) is 2.30. The van der Waals surface area contributed by atoms with Crippen molar-refractivity contribution in [3.63, 3.8) is 0 Å². The van der Waals surface area contributed by atoms with Crippen LogP contribution in [0.2, 0.25) is 0 Å². The maximum absolute atomic E-state index is 11.6. The number of nitrogens with one attached hydrogen (secondary N) is 1. The zero-order valence-corrected chi connectivity index (χ0v) is 11.6. The lowest BCUT2D eigenvalue weighted by molar-refractivity contribution is -0.384. The van der Waals surface area contributed by atoms with Crippen molar-refractivity contribution in [1.82, 2.24) is 0 Å². The highest BCUT2D eigenvalue weighted by atomic mass is 32.2. The Bertz CT molecular complexity index is 453. The Morgan fingerprint density at radius 1 is 1.53 bits per heavy atom. The minimum Gasteiger partial charge on any atom is -0.467 e. The van der Waals surface area contributed by atoms with E-state index in [1.165, 1.54) is 13.2 Å². The van der Waals surface area contributed by atoms with Gasteiger partial charge in [-0.3, -0.25) is 10.1 Å². The molecule has 1 rings (SSSR count). The molecule has 0 aliphatic carbocycles. The van der Waals surface area contributed by atoms with Crippen molar-refractivity contribution in [3.8, 4) is 0 Å². The molecule has 0 bridgehead atoms. The molecule has 1 aromatic rings. The van der Waals surface area contributed by atoms with Gasteiger partial charge in [-0.15, -0.1) is 0 Å². The predicted molar refractivity (Wildman–Crippen MR) is 75.5 cm³/mol. The Morgan fingerprint density at radius 2 is 2.21 bits per heavy atom. The third-order valence-electron chi connectivity index (χ3n) is 2.53. The molecule has 0 aliphatic heterocycles. The van der Waals surface area contributed by atoms with Crippen LogP contribution in [0.3, 0.4) is 0 Å². The number of ether oxygens (including phenoxy) is 1. The lowest BCUT2D eigenvalue weighted by atomic mass is 10.2. The number of hydrogen-bond acceptors (Lipinski definition) is 6. The highest BCUT2D eigenvalue weighted by Gasteiger charge is 2.22. The fourth-order valence-electron chi connectivity index (χ4n) is 1.57. The number of nitro groups is 1. The fraction of sp³-hybridized carbons (Fsp3) is 0.417. The van der Waals surface area contributed by atoms with Crippen LogP contribution < -0.4 is 5.32 Å². The Morgan fingerprint density at radius 3 is 2.79 bits per heavy atom. The molecular weight excluding hydrogens is 268 g/mol. The number of benzene rings is 1. The van der Waals surface area contributed by atoms with E-state index in [4.69, 9.17) is 4.74 Å². The van der Waals surface area contributed by atoms with Crippen molar-refractivity contribution in [3.05, 3.63) is 34.4 Å². The number of nitrogens with zero attached hydrogens (tertiary/aromatic N) is 1. The van der Waals surface area contributed by atoms with E-state index in [-0.39, 0.29) is 5.69 Å². The zero-order chi connectivity index (χ0) is 14.3. The van der Waals surface area contributed by atoms with Gasteiger partial charge in [0.2, 0.25) is 0 Å². The van der Waals surface area contributed by atoms with Crippen LogP contribution in [0.5, 0.6) is 0 Å². The largest absolute Gasteiger partial charge is 0.467 e.